The highest BCUT2D eigenvalue weighted by molar-refractivity contribution is 14.1. The number of esters is 1. The lowest BCUT2D eigenvalue weighted by Gasteiger charge is -2.29. The number of hydrogen-bond donors (Lipinski definition) is 3. The number of carbonyl (C=O) groups excluding carboxylic acids is 2. The summed E-state index contributed by atoms with van der Waals surface area (Å²) in [6, 6.07) is 4.90. The number of amides is 1. The fourth-order valence-corrected chi connectivity index (χ4v) is 3.38. The Hall–Kier alpha value is -1.38. The first-order valence-electron chi connectivity index (χ1n) is 7.67. The zero-order chi connectivity index (χ0) is 19.3. The van der Waals surface area contributed by atoms with Gasteiger partial charge in [0, 0.05) is 6.42 Å². The van der Waals surface area contributed by atoms with Gasteiger partial charge in [0.15, 0.2) is 0 Å². The number of halogens is 1. The molecule has 2 rings (SSSR count). The lowest BCUT2D eigenvalue weighted by molar-refractivity contribution is -0.121. The highest BCUT2D eigenvalue weighted by Crippen LogP contribution is 2.30. The predicted molar refractivity (Wildman–Crippen MR) is 102 cm³/mol. The summed E-state index contributed by atoms with van der Waals surface area (Å²) in [6.45, 7) is 0. The normalized spacial score (nSPS) is 16.4. The molecule has 0 radical (unpaired) electrons. The van der Waals surface area contributed by atoms with Crippen LogP contribution >= 0.6 is 22.6 Å². The third kappa shape index (κ3) is 5.31. The highest BCUT2D eigenvalue weighted by Gasteiger charge is 2.37. The number of carbonyl (C=O) groups is 2. The molecule has 1 heterocycles. The average molecular weight is 496 g/mol. The fraction of sp³-hybridized carbons (Fsp3) is 0.429. The van der Waals surface area contributed by atoms with Crippen LogP contribution in [0, 0.1) is 0 Å². The number of ether oxygens (including phenoxy) is 1. The van der Waals surface area contributed by atoms with Crippen molar-refractivity contribution in [2.75, 3.05) is 17.4 Å². The second-order valence-electron chi connectivity index (χ2n) is 5.49. The molecular weight excluding hydrogens is 478 g/mol. The van der Waals surface area contributed by atoms with E-state index in [1.807, 2.05) is 22.6 Å². The van der Waals surface area contributed by atoms with Crippen molar-refractivity contribution in [2.45, 2.75) is 18.8 Å². The molecule has 0 fully saturated rings. The van der Waals surface area contributed by atoms with Crippen LogP contribution in [0.3, 0.4) is 0 Å². The first-order valence-corrected chi connectivity index (χ1v) is 10.9. The van der Waals surface area contributed by atoms with Gasteiger partial charge in [0.2, 0.25) is 15.9 Å². The molecule has 0 unspecified atom stereocenters. The third-order valence-corrected chi connectivity index (χ3v) is 5.46. The topological polar surface area (TPSA) is 131 Å². The van der Waals surface area contributed by atoms with Gasteiger partial charge in [0.1, 0.15) is 15.9 Å². The number of benzene rings is 1. The third-order valence-electron chi connectivity index (χ3n) is 3.78. The average Bonchev–Trinajstić information content (AvgIpc) is 2.60. The molecule has 9 nitrogen and oxygen atoms in total. The number of hydrogen-bond acceptors (Lipinski definition) is 7. The van der Waals surface area contributed by atoms with E-state index in [1.165, 1.54) is 13.1 Å². The van der Waals surface area contributed by atoms with Crippen LogP contribution in [-0.4, -0.2) is 55.8 Å². The smallest absolute Gasteiger partial charge is 0.534 e. The van der Waals surface area contributed by atoms with E-state index in [4.69, 9.17) is 9.39 Å². The van der Waals surface area contributed by atoms with Crippen LogP contribution in [-0.2, 0) is 26.0 Å². The van der Waals surface area contributed by atoms with Gasteiger partial charge in [-0.15, -0.1) is 0 Å². The van der Waals surface area contributed by atoms with Crippen LogP contribution in [0.4, 0.5) is 0 Å². The van der Waals surface area contributed by atoms with E-state index in [9.17, 15) is 23.0 Å². The Morgan fingerprint density at radius 2 is 2.19 bits per heavy atom. The standard InChI is InChI=1S/C14H18BIN2O7S/c1-17-26(22,23)6-5-12(19)18-11-7-9-3-2-4-10(14(20)24-8-16)13(9)25-15(11)21/h2-4,11,17,21H,5-8H2,1H3,(H,18,19)/t11-/m0/s1. The minimum absolute atomic E-state index is 0.178. The summed E-state index contributed by atoms with van der Waals surface area (Å²) in [5.41, 5.74) is 0.828. The Bertz CT molecular complexity index is 790. The molecule has 142 valence electrons. The minimum Gasteiger partial charge on any atom is -0.534 e. The number of sulfonamides is 1. The maximum Gasteiger partial charge on any atom is 0.547 e. The van der Waals surface area contributed by atoms with Gasteiger partial charge in [0.05, 0.1) is 11.7 Å². The van der Waals surface area contributed by atoms with Crippen molar-refractivity contribution in [2.24, 2.45) is 0 Å². The summed E-state index contributed by atoms with van der Waals surface area (Å²) >= 11 is 1.89. The molecule has 0 spiro atoms. The summed E-state index contributed by atoms with van der Waals surface area (Å²) in [5.74, 6) is -1.99. The zero-order valence-electron chi connectivity index (χ0n) is 13.9. The second-order valence-corrected chi connectivity index (χ2v) is 8.16. The van der Waals surface area contributed by atoms with Gasteiger partial charge >= 0.3 is 13.1 Å². The van der Waals surface area contributed by atoms with Crippen molar-refractivity contribution in [3.05, 3.63) is 29.3 Å². The summed E-state index contributed by atoms with van der Waals surface area (Å²) in [4.78, 5) is 23.9. The van der Waals surface area contributed by atoms with Crippen molar-refractivity contribution in [3.8, 4) is 5.75 Å². The molecule has 1 aromatic rings. The van der Waals surface area contributed by atoms with E-state index in [0.29, 0.717) is 5.56 Å². The molecule has 0 aliphatic carbocycles. The molecule has 3 N–H and O–H groups in total. The highest BCUT2D eigenvalue weighted by atomic mass is 127. The van der Waals surface area contributed by atoms with Gasteiger partial charge in [-0.1, -0.05) is 12.1 Å². The molecular formula is C14H18BIN2O7S. The second kappa shape index (κ2) is 9.02. The van der Waals surface area contributed by atoms with E-state index >= 15 is 0 Å². The molecule has 0 aromatic heterocycles. The number of para-hydroxylation sites is 1. The van der Waals surface area contributed by atoms with Crippen LogP contribution in [0.2, 0.25) is 0 Å². The molecule has 1 aromatic carbocycles. The quantitative estimate of drug-likeness (QED) is 0.203. The van der Waals surface area contributed by atoms with Crippen LogP contribution < -0.4 is 14.7 Å². The molecule has 0 bridgehead atoms. The van der Waals surface area contributed by atoms with Crippen LogP contribution in [0.25, 0.3) is 0 Å². The first-order chi connectivity index (χ1) is 12.3. The summed E-state index contributed by atoms with van der Waals surface area (Å²) < 4.78 is 35.4. The Labute approximate surface area is 165 Å². The molecule has 0 saturated heterocycles. The van der Waals surface area contributed by atoms with E-state index in [0.717, 1.165) is 0 Å². The lowest BCUT2D eigenvalue weighted by atomic mass is 9.72. The molecule has 0 saturated carbocycles. The Morgan fingerprint density at radius 1 is 1.46 bits per heavy atom. The van der Waals surface area contributed by atoms with Crippen molar-refractivity contribution >= 4 is 51.6 Å². The zero-order valence-corrected chi connectivity index (χ0v) is 16.9. The molecule has 12 heteroatoms. The predicted octanol–water partition coefficient (Wildman–Crippen LogP) is -0.385. The maximum atomic E-state index is 12.0. The van der Waals surface area contributed by atoms with E-state index in [2.05, 4.69) is 10.0 Å². The van der Waals surface area contributed by atoms with Gasteiger partial charge in [0.25, 0.3) is 0 Å². The van der Waals surface area contributed by atoms with E-state index in [1.54, 1.807) is 12.1 Å². The first kappa shape index (κ1) is 20.9. The van der Waals surface area contributed by atoms with Gasteiger partial charge in [-0.05, 0) is 47.7 Å². The van der Waals surface area contributed by atoms with Gasteiger partial charge in [-0.25, -0.2) is 17.9 Å². The summed E-state index contributed by atoms with van der Waals surface area (Å²) in [7, 11) is -3.60. The Balaban J connectivity index is 2.07. The Morgan fingerprint density at radius 3 is 2.85 bits per heavy atom. The summed E-state index contributed by atoms with van der Waals surface area (Å²) in [6.07, 6.45) is -0.0202. The number of alkyl halides is 1. The van der Waals surface area contributed by atoms with Gasteiger partial charge < -0.3 is 19.7 Å². The minimum atomic E-state index is -3.49. The van der Waals surface area contributed by atoms with Crippen LogP contribution in [0.5, 0.6) is 5.75 Å². The monoisotopic (exact) mass is 496 g/mol. The molecule has 1 atom stereocenters. The summed E-state index contributed by atoms with van der Waals surface area (Å²) in [5, 5.41) is 12.7. The molecule has 1 amide bonds. The Kier molecular flexibility index (Phi) is 7.26. The largest absolute Gasteiger partial charge is 0.547 e. The molecule has 1 aliphatic rings. The molecule has 1 aliphatic heterocycles. The van der Waals surface area contributed by atoms with Crippen LogP contribution in [0.1, 0.15) is 22.3 Å². The van der Waals surface area contributed by atoms with Crippen molar-refractivity contribution < 1.29 is 32.4 Å². The van der Waals surface area contributed by atoms with Crippen LogP contribution in [0.15, 0.2) is 18.2 Å². The van der Waals surface area contributed by atoms with E-state index < -0.39 is 35.0 Å². The van der Waals surface area contributed by atoms with Crippen molar-refractivity contribution in [3.63, 3.8) is 0 Å². The lowest BCUT2D eigenvalue weighted by Crippen LogP contribution is -2.53. The van der Waals surface area contributed by atoms with E-state index in [-0.39, 0.29) is 34.5 Å². The number of fused-ring (bicyclic) bond motifs is 1. The number of rotatable bonds is 7. The fourth-order valence-electron chi connectivity index (χ4n) is 2.44. The van der Waals surface area contributed by atoms with Gasteiger partial charge in [-0.3, -0.25) is 4.79 Å². The molecule has 26 heavy (non-hydrogen) atoms. The maximum absolute atomic E-state index is 12.0. The SMILES string of the molecule is CNS(=O)(=O)CCC(=O)N[C@H]1Cc2cccc(C(=O)OCI)c2OB1O. The van der Waals surface area contributed by atoms with Crippen molar-refractivity contribution in [1.82, 2.24) is 10.0 Å². The van der Waals surface area contributed by atoms with Gasteiger partial charge in [-0.2, -0.15) is 0 Å². The number of nitrogens with one attached hydrogen (secondary N) is 2. The van der Waals surface area contributed by atoms with Crippen molar-refractivity contribution in [1.29, 1.82) is 0 Å².